The lowest BCUT2D eigenvalue weighted by molar-refractivity contribution is 0.155. The number of likely N-dealkylation sites (tertiary alicyclic amines) is 2. The quantitative estimate of drug-likeness (QED) is 0.635. The molecule has 0 aromatic rings. The Labute approximate surface area is 89.3 Å². The van der Waals surface area contributed by atoms with Gasteiger partial charge in [-0.3, -0.25) is 0 Å². The van der Waals surface area contributed by atoms with Gasteiger partial charge in [-0.2, -0.15) is 0 Å². The van der Waals surface area contributed by atoms with Crippen LogP contribution in [0.3, 0.4) is 0 Å². The highest BCUT2D eigenvalue weighted by Crippen LogP contribution is 2.29. The summed E-state index contributed by atoms with van der Waals surface area (Å²) in [4.78, 5) is 5.09. The summed E-state index contributed by atoms with van der Waals surface area (Å²) in [6.07, 6.45) is 1.43. The van der Waals surface area contributed by atoms with Crippen molar-refractivity contribution in [3.63, 3.8) is 0 Å². The first-order valence-corrected chi connectivity index (χ1v) is 6.20. The number of nitrogens with zero attached hydrogens (tertiary/aromatic N) is 2. The van der Waals surface area contributed by atoms with Gasteiger partial charge in [0.1, 0.15) is 0 Å². The predicted octanol–water partition coefficient (Wildman–Crippen LogP) is 1.92. The van der Waals surface area contributed by atoms with Crippen LogP contribution >= 0.6 is 0 Å². The van der Waals surface area contributed by atoms with E-state index in [4.69, 9.17) is 0 Å². The second-order valence-electron chi connectivity index (χ2n) is 4.42. The van der Waals surface area contributed by atoms with Gasteiger partial charge in [-0.1, -0.05) is 20.8 Å². The summed E-state index contributed by atoms with van der Waals surface area (Å²) in [5, 5.41) is 0. The van der Waals surface area contributed by atoms with Crippen LogP contribution in [0, 0.1) is 11.8 Å². The molecule has 2 aliphatic rings. The van der Waals surface area contributed by atoms with E-state index in [-0.39, 0.29) is 0 Å². The maximum Gasteiger partial charge on any atom is 0.00249 e. The predicted molar refractivity (Wildman–Crippen MR) is 62.6 cm³/mol. The van der Waals surface area contributed by atoms with E-state index in [0.717, 1.165) is 11.8 Å². The molecule has 0 bridgehead atoms. The molecule has 2 rings (SSSR count). The zero-order valence-corrected chi connectivity index (χ0v) is 10.3. The molecule has 0 aromatic heterocycles. The van der Waals surface area contributed by atoms with Crippen LogP contribution in [0.1, 0.15) is 27.2 Å². The monoisotopic (exact) mass is 198 g/mol. The Morgan fingerprint density at radius 2 is 1.71 bits per heavy atom. The first kappa shape index (κ1) is 12.0. The second-order valence-corrected chi connectivity index (χ2v) is 4.42. The van der Waals surface area contributed by atoms with Gasteiger partial charge in [-0.25, -0.2) is 0 Å². The van der Waals surface area contributed by atoms with Gasteiger partial charge in [-0.15, -0.1) is 0 Å². The fourth-order valence-electron chi connectivity index (χ4n) is 2.77. The Morgan fingerprint density at radius 1 is 1.07 bits per heavy atom. The van der Waals surface area contributed by atoms with Gasteiger partial charge in [0, 0.05) is 19.6 Å². The van der Waals surface area contributed by atoms with Crippen molar-refractivity contribution in [1.82, 2.24) is 9.80 Å². The first-order valence-electron chi connectivity index (χ1n) is 6.20. The Kier molecular flexibility index (Phi) is 4.90. The van der Waals surface area contributed by atoms with Crippen LogP contribution < -0.4 is 0 Å². The molecule has 84 valence electrons. The number of piperidine rings is 1. The summed E-state index contributed by atoms with van der Waals surface area (Å²) in [7, 11) is 2.26. The van der Waals surface area contributed by atoms with Crippen LogP contribution in [0.4, 0.5) is 0 Å². The Morgan fingerprint density at radius 3 is 2.36 bits per heavy atom. The molecule has 0 spiro atoms. The average molecular weight is 198 g/mol. The molecule has 2 heterocycles. The van der Waals surface area contributed by atoms with Crippen molar-refractivity contribution < 1.29 is 0 Å². The molecule has 14 heavy (non-hydrogen) atoms. The highest BCUT2D eigenvalue weighted by molar-refractivity contribution is 4.88. The summed E-state index contributed by atoms with van der Waals surface area (Å²) in [5.41, 5.74) is 0. The molecule has 2 nitrogen and oxygen atoms in total. The molecule has 0 amide bonds. The third kappa shape index (κ3) is 2.71. The molecule has 0 aromatic carbocycles. The number of hydrogen-bond acceptors (Lipinski definition) is 2. The van der Waals surface area contributed by atoms with E-state index in [1.807, 2.05) is 13.8 Å². The van der Waals surface area contributed by atoms with Crippen molar-refractivity contribution in [3.8, 4) is 0 Å². The molecule has 2 fully saturated rings. The molecule has 0 saturated carbocycles. The van der Waals surface area contributed by atoms with Crippen LogP contribution in [0.15, 0.2) is 0 Å². The highest BCUT2D eigenvalue weighted by atomic mass is 15.2. The zero-order chi connectivity index (χ0) is 10.6. The molecular formula is C12H26N2. The maximum absolute atomic E-state index is 2.60. The van der Waals surface area contributed by atoms with Crippen molar-refractivity contribution in [1.29, 1.82) is 0 Å². The lowest BCUT2D eigenvalue weighted by atomic mass is 9.89. The van der Waals surface area contributed by atoms with Gasteiger partial charge in [0.25, 0.3) is 0 Å². The van der Waals surface area contributed by atoms with Crippen LogP contribution in [0.2, 0.25) is 0 Å². The van der Waals surface area contributed by atoms with Crippen LogP contribution in [-0.4, -0.2) is 49.6 Å². The van der Waals surface area contributed by atoms with Gasteiger partial charge in [0.05, 0.1) is 0 Å². The largest absolute Gasteiger partial charge is 0.306 e. The fourth-order valence-corrected chi connectivity index (χ4v) is 2.77. The van der Waals surface area contributed by atoms with Gasteiger partial charge in [0.15, 0.2) is 0 Å². The van der Waals surface area contributed by atoms with E-state index in [1.165, 1.54) is 39.1 Å². The van der Waals surface area contributed by atoms with Crippen LogP contribution in [0.5, 0.6) is 0 Å². The molecule has 0 aliphatic carbocycles. The number of rotatable bonds is 1. The van der Waals surface area contributed by atoms with E-state index in [1.54, 1.807) is 0 Å². The van der Waals surface area contributed by atoms with Crippen molar-refractivity contribution in [2.24, 2.45) is 11.8 Å². The van der Waals surface area contributed by atoms with Gasteiger partial charge in [-0.05, 0) is 38.4 Å². The Hall–Kier alpha value is -0.0800. The van der Waals surface area contributed by atoms with Crippen LogP contribution in [0.25, 0.3) is 0 Å². The van der Waals surface area contributed by atoms with Crippen molar-refractivity contribution >= 4 is 0 Å². The SMILES string of the molecule is CC.CCN1CCC2CN(C)CC2C1. The van der Waals surface area contributed by atoms with Gasteiger partial charge < -0.3 is 9.80 Å². The molecule has 2 unspecified atom stereocenters. The molecule has 2 saturated heterocycles. The topological polar surface area (TPSA) is 6.48 Å². The minimum Gasteiger partial charge on any atom is -0.306 e. The first-order chi connectivity index (χ1) is 6.79. The third-order valence-electron chi connectivity index (χ3n) is 3.52. The standard InChI is InChI=1S/C10H20N2.C2H6/c1-3-12-5-4-9-6-11(2)7-10(9)8-12;1-2/h9-10H,3-8H2,1-2H3;1-2H3. The zero-order valence-electron chi connectivity index (χ0n) is 10.3. The minimum absolute atomic E-state index is 0.976. The molecule has 2 atom stereocenters. The van der Waals surface area contributed by atoms with Gasteiger partial charge >= 0.3 is 0 Å². The molecule has 0 N–H and O–H groups in total. The van der Waals surface area contributed by atoms with E-state index < -0.39 is 0 Å². The lowest BCUT2D eigenvalue weighted by Gasteiger charge is -2.33. The summed E-state index contributed by atoms with van der Waals surface area (Å²) in [5.74, 6) is 1.99. The van der Waals surface area contributed by atoms with E-state index >= 15 is 0 Å². The summed E-state index contributed by atoms with van der Waals surface area (Å²) in [6.45, 7) is 12.9. The summed E-state index contributed by atoms with van der Waals surface area (Å²) in [6, 6.07) is 0. The van der Waals surface area contributed by atoms with E-state index in [2.05, 4.69) is 23.8 Å². The maximum atomic E-state index is 2.60. The Bertz CT molecular complexity index is 158. The smallest absolute Gasteiger partial charge is 0.00249 e. The van der Waals surface area contributed by atoms with Crippen molar-refractivity contribution in [2.75, 3.05) is 39.8 Å². The Balaban J connectivity index is 0.000000461. The second kappa shape index (κ2) is 5.72. The van der Waals surface area contributed by atoms with E-state index in [9.17, 15) is 0 Å². The van der Waals surface area contributed by atoms with Gasteiger partial charge in [0.2, 0.25) is 0 Å². The molecule has 0 radical (unpaired) electrons. The summed E-state index contributed by atoms with van der Waals surface area (Å²) < 4.78 is 0. The average Bonchev–Trinajstić information content (AvgIpc) is 2.59. The number of hydrogen-bond donors (Lipinski definition) is 0. The third-order valence-corrected chi connectivity index (χ3v) is 3.52. The summed E-state index contributed by atoms with van der Waals surface area (Å²) >= 11 is 0. The van der Waals surface area contributed by atoms with Crippen LogP contribution in [-0.2, 0) is 0 Å². The highest BCUT2D eigenvalue weighted by Gasteiger charge is 2.34. The fraction of sp³-hybridized carbons (Fsp3) is 1.00. The lowest BCUT2D eigenvalue weighted by Crippen LogP contribution is -2.39. The molecular weight excluding hydrogens is 172 g/mol. The van der Waals surface area contributed by atoms with E-state index in [0.29, 0.717) is 0 Å². The molecule has 2 aliphatic heterocycles. The minimum atomic E-state index is 0.976. The normalized spacial score (nSPS) is 33.4. The van der Waals surface area contributed by atoms with Crippen molar-refractivity contribution in [2.45, 2.75) is 27.2 Å². The van der Waals surface area contributed by atoms with Crippen molar-refractivity contribution in [3.05, 3.63) is 0 Å². The molecule has 2 heteroatoms. The number of fused-ring (bicyclic) bond motifs is 1.